The third-order valence-electron chi connectivity index (χ3n) is 1.99. The van der Waals surface area contributed by atoms with Crippen LogP contribution in [0, 0.1) is 6.92 Å². The van der Waals surface area contributed by atoms with Crippen LogP contribution in [0.1, 0.15) is 11.1 Å². The second-order valence-corrected chi connectivity index (χ2v) is 3.45. The fraction of sp³-hybridized carbons (Fsp3) is 0.250. The predicted molar refractivity (Wildman–Crippen MR) is 58.9 cm³/mol. The number of esters is 1. The number of halogens is 3. The van der Waals surface area contributed by atoms with Gasteiger partial charge in [-0.2, -0.15) is 0 Å². The molecular weight excluding hydrogens is 249 g/mol. The van der Waals surface area contributed by atoms with Gasteiger partial charge in [0.05, 0.1) is 7.11 Å². The molecule has 0 saturated carbocycles. The van der Waals surface area contributed by atoms with Crippen molar-refractivity contribution in [2.24, 2.45) is 0 Å². The second-order valence-electron chi connectivity index (χ2n) is 3.45. The standard InChI is InChI=1S/C12H11F3O3/c1-8-3-5-10(18-12(13,14)15)9(7-8)4-6-11(16)17-2/h3-7H,1-2H3/b6-4-. The summed E-state index contributed by atoms with van der Waals surface area (Å²) in [5.41, 5.74) is 0.895. The summed E-state index contributed by atoms with van der Waals surface area (Å²) < 4.78 is 44.7. The summed E-state index contributed by atoms with van der Waals surface area (Å²) in [6, 6.07) is 4.15. The first-order chi connectivity index (χ1) is 8.31. The lowest BCUT2D eigenvalue weighted by Crippen LogP contribution is -2.17. The van der Waals surface area contributed by atoms with Crippen LogP contribution in [0.2, 0.25) is 0 Å². The second kappa shape index (κ2) is 5.57. The lowest BCUT2D eigenvalue weighted by Gasteiger charge is -2.11. The van der Waals surface area contributed by atoms with Gasteiger partial charge >= 0.3 is 12.3 Å². The monoisotopic (exact) mass is 260 g/mol. The van der Waals surface area contributed by atoms with Crippen molar-refractivity contribution < 1.29 is 27.4 Å². The molecule has 1 rings (SSSR count). The first-order valence-electron chi connectivity index (χ1n) is 4.94. The first-order valence-corrected chi connectivity index (χ1v) is 4.94. The minimum Gasteiger partial charge on any atom is -0.466 e. The number of hydrogen-bond acceptors (Lipinski definition) is 3. The van der Waals surface area contributed by atoms with Gasteiger partial charge in [0.2, 0.25) is 0 Å². The molecule has 0 radical (unpaired) electrons. The van der Waals surface area contributed by atoms with E-state index < -0.39 is 12.3 Å². The molecule has 0 unspecified atom stereocenters. The number of alkyl halides is 3. The van der Waals surface area contributed by atoms with Crippen molar-refractivity contribution >= 4 is 12.0 Å². The van der Waals surface area contributed by atoms with Crippen LogP contribution >= 0.6 is 0 Å². The molecule has 1 aromatic carbocycles. The Bertz CT molecular complexity index is 464. The van der Waals surface area contributed by atoms with Gasteiger partial charge in [-0.25, -0.2) is 4.79 Å². The molecule has 0 amide bonds. The topological polar surface area (TPSA) is 35.5 Å². The minimum absolute atomic E-state index is 0.151. The first kappa shape index (κ1) is 14.1. The molecule has 1 aromatic rings. The molecule has 0 aliphatic rings. The third kappa shape index (κ3) is 4.48. The van der Waals surface area contributed by atoms with E-state index >= 15 is 0 Å². The Morgan fingerprint density at radius 3 is 2.56 bits per heavy atom. The number of rotatable bonds is 3. The van der Waals surface area contributed by atoms with E-state index in [-0.39, 0.29) is 11.3 Å². The van der Waals surface area contributed by atoms with Crippen LogP contribution in [-0.2, 0) is 9.53 Å². The quantitative estimate of drug-likeness (QED) is 0.619. The molecule has 0 bridgehead atoms. The number of carbonyl (C=O) groups is 1. The van der Waals surface area contributed by atoms with Crippen LogP contribution in [-0.4, -0.2) is 19.4 Å². The largest absolute Gasteiger partial charge is 0.573 e. The highest BCUT2D eigenvalue weighted by molar-refractivity contribution is 5.87. The van der Waals surface area contributed by atoms with E-state index in [2.05, 4.69) is 9.47 Å². The van der Waals surface area contributed by atoms with Crippen LogP contribution in [0.25, 0.3) is 6.08 Å². The maximum absolute atomic E-state index is 12.1. The Labute approximate surface area is 102 Å². The number of aryl methyl sites for hydroxylation is 1. The van der Waals surface area contributed by atoms with Crippen molar-refractivity contribution in [2.45, 2.75) is 13.3 Å². The Morgan fingerprint density at radius 1 is 1.33 bits per heavy atom. The highest BCUT2D eigenvalue weighted by Gasteiger charge is 2.31. The van der Waals surface area contributed by atoms with Gasteiger partial charge in [0.25, 0.3) is 0 Å². The summed E-state index contributed by atoms with van der Waals surface area (Å²) in [6.45, 7) is 1.72. The summed E-state index contributed by atoms with van der Waals surface area (Å²) in [6.07, 6.45) is -2.54. The van der Waals surface area contributed by atoms with Crippen molar-refractivity contribution in [3.05, 3.63) is 35.4 Å². The van der Waals surface area contributed by atoms with E-state index in [1.54, 1.807) is 6.92 Å². The SMILES string of the molecule is COC(=O)/C=C\c1cc(C)ccc1OC(F)(F)F. The molecule has 0 fully saturated rings. The minimum atomic E-state index is -4.77. The molecule has 0 heterocycles. The van der Waals surface area contributed by atoms with E-state index in [0.717, 1.165) is 11.6 Å². The molecule has 0 aliphatic heterocycles. The van der Waals surface area contributed by atoms with Crippen molar-refractivity contribution in [3.8, 4) is 5.75 Å². The van der Waals surface area contributed by atoms with Gasteiger partial charge < -0.3 is 9.47 Å². The summed E-state index contributed by atoms with van der Waals surface area (Å²) in [5, 5.41) is 0. The Morgan fingerprint density at radius 2 is 2.00 bits per heavy atom. The van der Waals surface area contributed by atoms with E-state index in [0.29, 0.717) is 0 Å². The summed E-state index contributed by atoms with van der Waals surface area (Å²) in [5.74, 6) is -1.03. The fourth-order valence-electron chi connectivity index (χ4n) is 1.24. The van der Waals surface area contributed by atoms with Gasteiger partial charge in [0.1, 0.15) is 5.75 Å². The normalized spacial score (nSPS) is 11.6. The molecule has 0 aromatic heterocycles. The van der Waals surface area contributed by atoms with Gasteiger partial charge in [-0.05, 0) is 25.1 Å². The average molecular weight is 260 g/mol. The van der Waals surface area contributed by atoms with Crippen LogP contribution in [0.15, 0.2) is 24.3 Å². The molecule has 0 spiro atoms. The zero-order chi connectivity index (χ0) is 13.8. The Kier molecular flexibility index (Phi) is 4.36. The maximum atomic E-state index is 12.1. The molecule has 0 atom stereocenters. The number of methoxy groups -OCH3 is 1. The van der Waals surface area contributed by atoms with Gasteiger partial charge in [0, 0.05) is 11.6 Å². The van der Waals surface area contributed by atoms with E-state index in [4.69, 9.17) is 0 Å². The molecule has 0 saturated heterocycles. The zero-order valence-corrected chi connectivity index (χ0v) is 9.75. The van der Waals surface area contributed by atoms with Gasteiger partial charge in [-0.1, -0.05) is 11.6 Å². The van der Waals surface area contributed by atoms with Crippen molar-refractivity contribution in [2.75, 3.05) is 7.11 Å². The van der Waals surface area contributed by atoms with Gasteiger partial charge in [0.15, 0.2) is 0 Å². The average Bonchev–Trinajstić information content (AvgIpc) is 2.27. The van der Waals surface area contributed by atoms with Crippen molar-refractivity contribution in [1.29, 1.82) is 0 Å². The van der Waals surface area contributed by atoms with Crippen LogP contribution < -0.4 is 4.74 Å². The molecule has 98 valence electrons. The lowest BCUT2D eigenvalue weighted by atomic mass is 10.1. The predicted octanol–water partition coefficient (Wildman–Crippen LogP) is 3.08. The highest BCUT2D eigenvalue weighted by atomic mass is 19.4. The van der Waals surface area contributed by atoms with E-state index in [1.807, 2.05) is 0 Å². The zero-order valence-electron chi connectivity index (χ0n) is 9.75. The van der Waals surface area contributed by atoms with Crippen molar-refractivity contribution in [1.82, 2.24) is 0 Å². The fourth-order valence-corrected chi connectivity index (χ4v) is 1.24. The smallest absolute Gasteiger partial charge is 0.466 e. The Balaban J connectivity index is 3.04. The molecule has 3 nitrogen and oxygen atoms in total. The number of hydrogen-bond donors (Lipinski definition) is 0. The summed E-state index contributed by atoms with van der Waals surface area (Å²) >= 11 is 0. The molecule has 18 heavy (non-hydrogen) atoms. The molecular formula is C12H11F3O3. The maximum Gasteiger partial charge on any atom is 0.573 e. The number of benzene rings is 1. The number of carbonyl (C=O) groups excluding carboxylic acids is 1. The molecule has 6 heteroatoms. The molecule has 0 aliphatic carbocycles. The Hall–Kier alpha value is -1.98. The molecule has 0 N–H and O–H groups in total. The van der Waals surface area contributed by atoms with Crippen molar-refractivity contribution in [3.63, 3.8) is 0 Å². The van der Waals surface area contributed by atoms with E-state index in [1.165, 1.54) is 31.4 Å². The summed E-state index contributed by atoms with van der Waals surface area (Å²) in [7, 11) is 1.18. The van der Waals surface area contributed by atoms with Crippen LogP contribution in [0.3, 0.4) is 0 Å². The van der Waals surface area contributed by atoms with Crippen LogP contribution in [0.4, 0.5) is 13.2 Å². The van der Waals surface area contributed by atoms with E-state index in [9.17, 15) is 18.0 Å². The van der Waals surface area contributed by atoms with Crippen LogP contribution in [0.5, 0.6) is 5.75 Å². The van der Waals surface area contributed by atoms with Gasteiger partial charge in [-0.15, -0.1) is 13.2 Å². The lowest BCUT2D eigenvalue weighted by molar-refractivity contribution is -0.274. The summed E-state index contributed by atoms with van der Waals surface area (Å²) in [4.78, 5) is 10.9. The third-order valence-corrected chi connectivity index (χ3v) is 1.99. The van der Waals surface area contributed by atoms with Gasteiger partial charge in [-0.3, -0.25) is 0 Å². The number of ether oxygens (including phenoxy) is 2. The highest BCUT2D eigenvalue weighted by Crippen LogP contribution is 2.28.